The maximum atomic E-state index is 5.43. The Bertz CT molecular complexity index is 395. The van der Waals surface area contributed by atoms with Gasteiger partial charge in [-0.3, -0.25) is 0 Å². The van der Waals surface area contributed by atoms with Crippen molar-refractivity contribution in [3.05, 3.63) is 23.9 Å². The second-order valence-electron chi connectivity index (χ2n) is 5.60. The first-order chi connectivity index (χ1) is 9.20. The topological polar surface area (TPSA) is 37.4 Å². The smallest absolute Gasteiger partial charge is 0.133 e. The van der Waals surface area contributed by atoms with E-state index >= 15 is 0 Å². The highest BCUT2D eigenvalue weighted by Crippen LogP contribution is 2.23. The molecule has 1 N–H and O–H groups in total. The summed E-state index contributed by atoms with van der Waals surface area (Å²) in [6, 6.07) is 4.18. The van der Waals surface area contributed by atoms with Crippen molar-refractivity contribution < 1.29 is 4.74 Å². The molecule has 1 atom stereocenters. The van der Waals surface area contributed by atoms with E-state index in [1.54, 1.807) is 7.11 Å². The summed E-state index contributed by atoms with van der Waals surface area (Å²) < 4.78 is 5.43. The van der Waals surface area contributed by atoms with Gasteiger partial charge in [0.05, 0.1) is 6.10 Å². The zero-order valence-corrected chi connectivity index (χ0v) is 12.2. The van der Waals surface area contributed by atoms with Crippen molar-refractivity contribution >= 4 is 5.82 Å². The number of hydrogen-bond donors (Lipinski definition) is 1. The zero-order chi connectivity index (χ0) is 13.7. The molecule has 1 aliphatic heterocycles. The third-order valence-corrected chi connectivity index (χ3v) is 3.51. The quantitative estimate of drug-likeness (QED) is 0.852. The first-order valence-electron chi connectivity index (χ1n) is 7.13. The van der Waals surface area contributed by atoms with Crippen molar-refractivity contribution in [2.24, 2.45) is 5.92 Å². The summed E-state index contributed by atoms with van der Waals surface area (Å²) in [4.78, 5) is 6.89. The molecule has 1 aromatic rings. The van der Waals surface area contributed by atoms with Crippen LogP contribution in [-0.2, 0) is 11.3 Å². The highest BCUT2D eigenvalue weighted by atomic mass is 16.5. The fourth-order valence-corrected chi connectivity index (χ4v) is 2.46. The summed E-state index contributed by atoms with van der Waals surface area (Å²) >= 11 is 0. The summed E-state index contributed by atoms with van der Waals surface area (Å²) in [5, 5.41) is 3.49. The van der Waals surface area contributed by atoms with Gasteiger partial charge in [0.2, 0.25) is 0 Å². The van der Waals surface area contributed by atoms with Gasteiger partial charge in [0.25, 0.3) is 0 Å². The van der Waals surface area contributed by atoms with Crippen LogP contribution in [0, 0.1) is 5.92 Å². The molecule has 0 saturated carbocycles. The van der Waals surface area contributed by atoms with Crippen molar-refractivity contribution in [2.75, 3.05) is 31.6 Å². The molecule has 4 heteroatoms. The van der Waals surface area contributed by atoms with E-state index in [1.807, 2.05) is 12.3 Å². The van der Waals surface area contributed by atoms with Crippen LogP contribution in [-0.4, -0.2) is 37.8 Å². The van der Waals surface area contributed by atoms with Crippen LogP contribution in [0.25, 0.3) is 0 Å². The minimum Gasteiger partial charge on any atom is -0.380 e. The van der Waals surface area contributed by atoms with Crippen molar-refractivity contribution in [2.45, 2.75) is 32.9 Å². The van der Waals surface area contributed by atoms with Crippen LogP contribution in [0.1, 0.15) is 25.8 Å². The third kappa shape index (κ3) is 3.91. The zero-order valence-electron chi connectivity index (χ0n) is 12.2. The molecule has 0 bridgehead atoms. The van der Waals surface area contributed by atoms with Gasteiger partial charge < -0.3 is 15.0 Å². The second-order valence-corrected chi connectivity index (χ2v) is 5.60. The van der Waals surface area contributed by atoms with Gasteiger partial charge in [-0.15, -0.1) is 0 Å². The molecule has 106 valence electrons. The van der Waals surface area contributed by atoms with E-state index in [0.717, 1.165) is 38.4 Å². The van der Waals surface area contributed by atoms with Gasteiger partial charge in [-0.25, -0.2) is 4.98 Å². The van der Waals surface area contributed by atoms with E-state index < -0.39 is 0 Å². The molecule has 1 saturated heterocycles. The molecule has 1 unspecified atom stereocenters. The predicted octanol–water partition coefficient (Wildman–Crippen LogP) is 2.05. The first-order valence-corrected chi connectivity index (χ1v) is 7.13. The molecule has 1 aliphatic rings. The number of nitrogens with one attached hydrogen (secondary N) is 1. The molecule has 0 aliphatic carbocycles. The lowest BCUT2D eigenvalue weighted by Crippen LogP contribution is -2.26. The van der Waals surface area contributed by atoms with Crippen LogP contribution in [0.5, 0.6) is 0 Å². The van der Waals surface area contributed by atoms with Crippen molar-refractivity contribution in [1.82, 2.24) is 10.3 Å². The Labute approximate surface area is 116 Å². The molecular formula is C15H25N3O. The average Bonchev–Trinajstić information content (AvgIpc) is 2.87. The van der Waals surface area contributed by atoms with E-state index in [-0.39, 0.29) is 0 Å². The van der Waals surface area contributed by atoms with Crippen LogP contribution in [0.15, 0.2) is 18.3 Å². The maximum Gasteiger partial charge on any atom is 0.133 e. The first kappa shape index (κ1) is 14.3. The molecule has 0 radical (unpaired) electrons. The molecule has 2 rings (SSSR count). The number of anilines is 1. The van der Waals surface area contributed by atoms with Crippen molar-refractivity contribution in [3.63, 3.8) is 0 Å². The van der Waals surface area contributed by atoms with E-state index in [1.165, 1.54) is 5.56 Å². The van der Waals surface area contributed by atoms with Crippen LogP contribution in [0.2, 0.25) is 0 Å². The second kappa shape index (κ2) is 6.87. The normalized spacial score (nSPS) is 19.4. The summed E-state index contributed by atoms with van der Waals surface area (Å²) in [7, 11) is 1.79. The predicted molar refractivity (Wildman–Crippen MR) is 78.4 cm³/mol. The van der Waals surface area contributed by atoms with E-state index in [0.29, 0.717) is 12.0 Å². The third-order valence-electron chi connectivity index (χ3n) is 3.51. The molecular weight excluding hydrogens is 238 g/mol. The Balaban J connectivity index is 2.00. The lowest BCUT2D eigenvalue weighted by molar-refractivity contribution is 0.121. The summed E-state index contributed by atoms with van der Waals surface area (Å²) in [6.07, 6.45) is 3.31. The van der Waals surface area contributed by atoms with Crippen LogP contribution in [0.3, 0.4) is 0 Å². The Morgan fingerprint density at radius 1 is 1.53 bits per heavy atom. The summed E-state index contributed by atoms with van der Waals surface area (Å²) in [5.41, 5.74) is 1.28. The SMILES string of the molecule is COC1CCN(c2ncccc2CNCC(C)C)C1. The molecule has 0 amide bonds. The van der Waals surface area contributed by atoms with Crippen LogP contribution in [0.4, 0.5) is 5.82 Å². The van der Waals surface area contributed by atoms with Gasteiger partial charge in [0.15, 0.2) is 0 Å². The number of aromatic nitrogens is 1. The number of methoxy groups -OCH3 is 1. The van der Waals surface area contributed by atoms with E-state index in [4.69, 9.17) is 4.74 Å². The molecule has 1 fully saturated rings. The lowest BCUT2D eigenvalue weighted by atomic mass is 10.2. The van der Waals surface area contributed by atoms with Gasteiger partial charge in [-0.05, 0) is 24.9 Å². The minimum atomic E-state index is 0.346. The fraction of sp³-hybridized carbons (Fsp3) is 0.667. The van der Waals surface area contributed by atoms with Crippen molar-refractivity contribution in [3.8, 4) is 0 Å². The number of pyridine rings is 1. The van der Waals surface area contributed by atoms with Crippen LogP contribution < -0.4 is 10.2 Å². The largest absolute Gasteiger partial charge is 0.380 e. The number of rotatable bonds is 6. The standard InChI is InChI=1S/C15H25N3O/c1-12(2)9-16-10-13-5-4-7-17-15(13)18-8-6-14(11-18)19-3/h4-5,7,12,14,16H,6,8-11H2,1-3H3. The Morgan fingerprint density at radius 3 is 3.05 bits per heavy atom. The monoisotopic (exact) mass is 263 g/mol. The van der Waals surface area contributed by atoms with Crippen molar-refractivity contribution in [1.29, 1.82) is 0 Å². The Hall–Kier alpha value is -1.13. The number of ether oxygens (including phenoxy) is 1. The van der Waals surface area contributed by atoms with Gasteiger partial charge >= 0.3 is 0 Å². The molecule has 4 nitrogen and oxygen atoms in total. The van der Waals surface area contributed by atoms with Crippen LogP contribution >= 0.6 is 0 Å². The molecule has 2 heterocycles. The van der Waals surface area contributed by atoms with E-state index in [2.05, 4.69) is 35.1 Å². The fourth-order valence-electron chi connectivity index (χ4n) is 2.46. The summed E-state index contributed by atoms with van der Waals surface area (Å²) in [5.74, 6) is 1.78. The molecule has 0 spiro atoms. The Kier molecular flexibility index (Phi) is 5.16. The molecule has 19 heavy (non-hydrogen) atoms. The van der Waals surface area contributed by atoms with Gasteiger partial charge in [-0.1, -0.05) is 19.9 Å². The average molecular weight is 263 g/mol. The minimum absolute atomic E-state index is 0.346. The number of hydrogen-bond acceptors (Lipinski definition) is 4. The lowest BCUT2D eigenvalue weighted by Gasteiger charge is -2.20. The molecule has 1 aromatic heterocycles. The number of nitrogens with zero attached hydrogens (tertiary/aromatic N) is 2. The maximum absolute atomic E-state index is 5.43. The van der Waals surface area contributed by atoms with Gasteiger partial charge in [0, 0.05) is 38.5 Å². The molecule has 0 aromatic carbocycles. The Morgan fingerprint density at radius 2 is 2.37 bits per heavy atom. The van der Waals surface area contributed by atoms with Gasteiger partial charge in [0.1, 0.15) is 5.82 Å². The van der Waals surface area contributed by atoms with E-state index in [9.17, 15) is 0 Å². The van der Waals surface area contributed by atoms with Gasteiger partial charge in [-0.2, -0.15) is 0 Å². The highest BCUT2D eigenvalue weighted by molar-refractivity contribution is 5.47. The summed E-state index contributed by atoms with van der Waals surface area (Å²) in [6.45, 7) is 8.35. The highest BCUT2D eigenvalue weighted by Gasteiger charge is 2.24.